The summed E-state index contributed by atoms with van der Waals surface area (Å²) in [6.07, 6.45) is 0.742. The number of ether oxygens (including phenoxy) is 2. The minimum absolute atomic E-state index is 0.0975. The van der Waals surface area contributed by atoms with Crippen molar-refractivity contribution in [2.24, 2.45) is 0 Å². The molecule has 4 nitrogen and oxygen atoms in total. The Hall–Kier alpha value is -2.59. The summed E-state index contributed by atoms with van der Waals surface area (Å²) in [6.45, 7) is 4.42. The molecule has 0 unspecified atom stereocenters. The molecule has 0 spiro atoms. The number of amides is 1. The Morgan fingerprint density at radius 1 is 1.08 bits per heavy atom. The van der Waals surface area contributed by atoms with E-state index in [0.717, 1.165) is 11.1 Å². The maximum Gasteiger partial charge on any atom is 0.413 e. The normalized spacial score (nSPS) is 26.8. The monoisotopic (exact) mass is 321 g/mol. The first kappa shape index (κ1) is 15.0. The molecule has 2 heterocycles. The summed E-state index contributed by atoms with van der Waals surface area (Å²) in [5, 5.41) is 0. The van der Waals surface area contributed by atoms with Crippen molar-refractivity contribution in [3.8, 4) is 0 Å². The van der Waals surface area contributed by atoms with Crippen molar-refractivity contribution in [2.75, 3.05) is 6.61 Å². The molecule has 2 aromatic rings. The van der Waals surface area contributed by atoms with Crippen molar-refractivity contribution < 1.29 is 14.3 Å². The third kappa shape index (κ3) is 2.39. The van der Waals surface area contributed by atoms with E-state index in [2.05, 4.69) is 6.58 Å². The zero-order valence-corrected chi connectivity index (χ0v) is 13.2. The molecule has 4 atom stereocenters. The number of fused-ring (bicyclic) bond motifs is 1. The van der Waals surface area contributed by atoms with Crippen LogP contribution in [0.4, 0.5) is 4.79 Å². The van der Waals surface area contributed by atoms with Gasteiger partial charge in [-0.15, -0.1) is 6.58 Å². The number of carbonyl (C=O) groups excluding carboxylic acids is 1. The average Bonchev–Trinajstić information content (AvgIpc) is 3.20. The van der Waals surface area contributed by atoms with Crippen LogP contribution >= 0.6 is 0 Å². The molecule has 2 aliphatic rings. The summed E-state index contributed by atoms with van der Waals surface area (Å²) in [7, 11) is 0. The number of rotatable bonds is 4. The lowest BCUT2D eigenvalue weighted by Gasteiger charge is -2.23. The number of benzene rings is 2. The van der Waals surface area contributed by atoms with E-state index in [1.54, 1.807) is 4.90 Å². The molecule has 2 aliphatic heterocycles. The minimum atomic E-state index is -0.383. The van der Waals surface area contributed by atoms with Gasteiger partial charge in [0.15, 0.2) is 12.3 Å². The van der Waals surface area contributed by atoms with Crippen molar-refractivity contribution in [2.45, 2.75) is 24.3 Å². The van der Waals surface area contributed by atoms with Gasteiger partial charge in [-0.25, -0.2) is 4.79 Å². The van der Waals surface area contributed by atoms with Gasteiger partial charge in [-0.2, -0.15) is 0 Å². The number of hydrogen-bond acceptors (Lipinski definition) is 3. The molecule has 0 radical (unpaired) electrons. The van der Waals surface area contributed by atoms with Gasteiger partial charge >= 0.3 is 6.09 Å². The Labute approximate surface area is 141 Å². The molecule has 4 heteroatoms. The van der Waals surface area contributed by atoms with Gasteiger partial charge in [-0.1, -0.05) is 66.7 Å². The molecular formula is C20H19NO3. The van der Waals surface area contributed by atoms with Crippen LogP contribution in [0.1, 0.15) is 23.1 Å². The number of hydrogen-bond donors (Lipinski definition) is 0. The summed E-state index contributed by atoms with van der Waals surface area (Å²) in [5.74, 6) is -0.0975. The Balaban J connectivity index is 1.63. The van der Waals surface area contributed by atoms with E-state index in [4.69, 9.17) is 9.47 Å². The molecule has 0 bridgehead atoms. The molecule has 0 N–H and O–H groups in total. The van der Waals surface area contributed by atoms with Crippen LogP contribution in [0, 0.1) is 0 Å². The Morgan fingerprint density at radius 3 is 2.42 bits per heavy atom. The van der Waals surface area contributed by atoms with Crippen LogP contribution in [0.15, 0.2) is 73.3 Å². The molecule has 2 saturated heterocycles. The highest BCUT2D eigenvalue weighted by molar-refractivity contribution is 5.72. The van der Waals surface area contributed by atoms with E-state index in [9.17, 15) is 4.79 Å². The van der Waals surface area contributed by atoms with Crippen LogP contribution in [0.3, 0.4) is 0 Å². The maximum absolute atomic E-state index is 12.5. The van der Waals surface area contributed by atoms with Gasteiger partial charge in [-0.05, 0) is 11.1 Å². The van der Waals surface area contributed by atoms with Crippen molar-refractivity contribution >= 4 is 6.09 Å². The third-order valence-corrected chi connectivity index (χ3v) is 4.74. The van der Waals surface area contributed by atoms with Crippen LogP contribution in [-0.4, -0.2) is 29.9 Å². The SMILES string of the molecule is C=C[C@@H](c1ccccc1)[C@@H]1OC(=O)N2[C@@H](c3ccccc3)CO[C@@H]12. The standard InChI is InChI=1S/C20H19NO3/c1-2-16(14-9-5-3-6-10-14)18-19-21(20(22)24-18)17(13-23-19)15-11-7-4-8-12-15/h2-12,16-19H,1,13H2/t16-,17+,18-,19-/m0/s1. The second-order valence-corrected chi connectivity index (χ2v) is 6.08. The molecule has 2 fully saturated rings. The van der Waals surface area contributed by atoms with Gasteiger partial charge < -0.3 is 9.47 Å². The van der Waals surface area contributed by atoms with Crippen molar-refractivity contribution in [3.63, 3.8) is 0 Å². The highest BCUT2D eigenvalue weighted by Gasteiger charge is 2.53. The fourth-order valence-corrected chi connectivity index (χ4v) is 3.57. The maximum atomic E-state index is 12.5. The van der Waals surface area contributed by atoms with E-state index in [0.29, 0.717) is 6.61 Å². The summed E-state index contributed by atoms with van der Waals surface area (Å²) in [4.78, 5) is 14.2. The molecule has 1 amide bonds. The van der Waals surface area contributed by atoms with E-state index < -0.39 is 0 Å². The number of nitrogens with zero attached hydrogens (tertiary/aromatic N) is 1. The lowest BCUT2D eigenvalue weighted by Crippen LogP contribution is -2.35. The highest BCUT2D eigenvalue weighted by atomic mass is 16.6. The zero-order chi connectivity index (χ0) is 16.5. The second-order valence-electron chi connectivity index (χ2n) is 6.08. The number of cyclic esters (lactones) is 1. The van der Waals surface area contributed by atoms with Crippen molar-refractivity contribution in [1.29, 1.82) is 0 Å². The predicted octanol–water partition coefficient (Wildman–Crippen LogP) is 3.87. The van der Waals surface area contributed by atoms with Crippen LogP contribution < -0.4 is 0 Å². The summed E-state index contributed by atoms with van der Waals surface area (Å²) in [5.41, 5.74) is 2.13. The molecule has 0 saturated carbocycles. The van der Waals surface area contributed by atoms with Gasteiger partial charge in [0.05, 0.1) is 12.6 Å². The van der Waals surface area contributed by atoms with Gasteiger partial charge in [0, 0.05) is 5.92 Å². The van der Waals surface area contributed by atoms with Gasteiger partial charge in [0.1, 0.15) is 0 Å². The predicted molar refractivity (Wildman–Crippen MR) is 90.4 cm³/mol. The van der Waals surface area contributed by atoms with Crippen LogP contribution in [0.2, 0.25) is 0 Å². The van der Waals surface area contributed by atoms with E-state index in [1.807, 2.05) is 66.7 Å². The summed E-state index contributed by atoms with van der Waals surface area (Å²) < 4.78 is 11.6. The molecule has 2 aromatic carbocycles. The molecule has 4 rings (SSSR count). The highest BCUT2D eigenvalue weighted by Crippen LogP contribution is 2.41. The zero-order valence-electron chi connectivity index (χ0n) is 13.2. The van der Waals surface area contributed by atoms with E-state index >= 15 is 0 Å². The first-order valence-electron chi connectivity index (χ1n) is 8.12. The second kappa shape index (κ2) is 6.13. The molecular weight excluding hydrogens is 302 g/mol. The van der Waals surface area contributed by atoms with E-state index in [1.165, 1.54) is 0 Å². The van der Waals surface area contributed by atoms with Crippen molar-refractivity contribution in [1.82, 2.24) is 4.90 Å². The van der Waals surface area contributed by atoms with Crippen LogP contribution in [0.25, 0.3) is 0 Å². The smallest absolute Gasteiger partial charge is 0.413 e. The van der Waals surface area contributed by atoms with Gasteiger partial charge in [0.2, 0.25) is 0 Å². The number of carbonyl (C=O) groups is 1. The van der Waals surface area contributed by atoms with Gasteiger partial charge in [-0.3, -0.25) is 4.90 Å². The molecule has 24 heavy (non-hydrogen) atoms. The first-order chi connectivity index (χ1) is 11.8. The lowest BCUT2D eigenvalue weighted by molar-refractivity contribution is 0.00364. The molecule has 0 aromatic heterocycles. The van der Waals surface area contributed by atoms with Gasteiger partial charge in [0.25, 0.3) is 0 Å². The Bertz CT molecular complexity index is 731. The molecule has 122 valence electrons. The topological polar surface area (TPSA) is 38.8 Å². The Morgan fingerprint density at radius 2 is 1.75 bits per heavy atom. The van der Waals surface area contributed by atoms with Crippen LogP contribution in [0.5, 0.6) is 0 Å². The van der Waals surface area contributed by atoms with Crippen molar-refractivity contribution in [3.05, 3.63) is 84.4 Å². The molecule has 0 aliphatic carbocycles. The largest absolute Gasteiger partial charge is 0.440 e. The summed E-state index contributed by atoms with van der Waals surface area (Å²) in [6, 6.07) is 19.8. The fraction of sp³-hybridized carbons (Fsp3) is 0.250. The average molecular weight is 321 g/mol. The minimum Gasteiger partial charge on any atom is -0.440 e. The fourth-order valence-electron chi connectivity index (χ4n) is 3.57. The lowest BCUT2D eigenvalue weighted by atomic mass is 9.92. The Kier molecular flexibility index (Phi) is 3.82. The van der Waals surface area contributed by atoms with E-state index in [-0.39, 0.29) is 30.4 Å². The summed E-state index contributed by atoms with van der Waals surface area (Å²) >= 11 is 0. The van der Waals surface area contributed by atoms with Crippen LogP contribution in [-0.2, 0) is 9.47 Å². The third-order valence-electron chi connectivity index (χ3n) is 4.74. The quantitative estimate of drug-likeness (QED) is 0.802. The first-order valence-corrected chi connectivity index (χ1v) is 8.12.